The minimum atomic E-state index is -0.453. The van der Waals surface area contributed by atoms with E-state index in [1.807, 2.05) is 18.4 Å². The van der Waals surface area contributed by atoms with Crippen LogP contribution in [0.15, 0.2) is 45.3 Å². The summed E-state index contributed by atoms with van der Waals surface area (Å²) in [5.41, 5.74) is 3.87. The highest BCUT2D eigenvalue weighted by Gasteiger charge is 2.46. The van der Waals surface area contributed by atoms with Crippen LogP contribution in [0.1, 0.15) is 36.6 Å². The Labute approximate surface area is 191 Å². The standard InChI is InChI=1S/C23H27FN6OS/c1-3-27-21(31)18(12-25-2)20(28-17-5-4-16-11-26-9-6-15(16)10-17)30-22-29-19(13-32-22)23(14-24)7-8-23/h4-5,10,12-13,26H,2-3,6-9,11,14H2,1H3,(H,27,31)(H,28,29,30)/b18-12+. The molecule has 1 aromatic heterocycles. The molecule has 1 saturated carbocycles. The Bertz CT molecular complexity index is 1070. The fourth-order valence-electron chi connectivity index (χ4n) is 3.69. The Morgan fingerprint density at radius 1 is 1.41 bits per heavy atom. The van der Waals surface area contributed by atoms with Gasteiger partial charge in [-0.05, 0) is 62.7 Å². The summed E-state index contributed by atoms with van der Waals surface area (Å²) in [6.07, 6.45) is 3.93. The maximum Gasteiger partial charge on any atom is 0.256 e. The molecule has 1 amide bonds. The Morgan fingerprint density at radius 2 is 2.25 bits per heavy atom. The van der Waals surface area contributed by atoms with Gasteiger partial charge in [0.25, 0.3) is 5.91 Å². The van der Waals surface area contributed by atoms with E-state index in [4.69, 9.17) is 0 Å². The van der Waals surface area contributed by atoms with Crippen molar-refractivity contribution in [1.82, 2.24) is 15.6 Å². The van der Waals surface area contributed by atoms with Gasteiger partial charge in [0.15, 0.2) is 0 Å². The molecule has 0 unspecified atom stereocenters. The van der Waals surface area contributed by atoms with Crippen molar-refractivity contribution in [3.05, 3.63) is 52.2 Å². The topological polar surface area (TPSA) is 90.8 Å². The van der Waals surface area contributed by atoms with Crippen molar-refractivity contribution in [3.8, 4) is 0 Å². The normalized spacial score (nSPS) is 17.4. The number of rotatable bonds is 8. The molecule has 1 aliphatic carbocycles. The van der Waals surface area contributed by atoms with Crippen LogP contribution in [0.4, 0.5) is 15.2 Å². The molecule has 7 nitrogen and oxygen atoms in total. The Kier molecular flexibility index (Phi) is 6.76. The zero-order valence-electron chi connectivity index (χ0n) is 18.1. The van der Waals surface area contributed by atoms with Gasteiger partial charge in [0, 0.05) is 35.8 Å². The van der Waals surface area contributed by atoms with Crippen LogP contribution in [-0.2, 0) is 23.2 Å². The number of amides is 1. The summed E-state index contributed by atoms with van der Waals surface area (Å²) in [5, 5.41) is 11.8. The first-order valence-electron chi connectivity index (χ1n) is 10.7. The minimum absolute atomic E-state index is 0.254. The van der Waals surface area contributed by atoms with E-state index in [0.29, 0.717) is 17.5 Å². The first kappa shape index (κ1) is 22.3. The summed E-state index contributed by atoms with van der Waals surface area (Å²) in [6, 6.07) is 6.12. The smallest absolute Gasteiger partial charge is 0.256 e. The molecule has 0 atom stereocenters. The molecule has 9 heteroatoms. The van der Waals surface area contributed by atoms with Crippen LogP contribution in [0.3, 0.4) is 0 Å². The first-order valence-corrected chi connectivity index (χ1v) is 11.6. The van der Waals surface area contributed by atoms with Crippen LogP contribution < -0.4 is 16.0 Å². The maximum absolute atomic E-state index is 13.5. The van der Waals surface area contributed by atoms with Crippen molar-refractivity contribution < 1.29 is 9.18 Å². The van der Waals surface area contributed by atoms with Crippen LogP contribution in [0.5, 0.6) is 0 Å². The number of alkyl halides is 1. The molecule has 2 aromatic rings. The molecule has 0 bridgehead atoms. The van der Waals surface area contributed by atoms with Crippen molar-refractivity contribution in [2.75, 3.05) is 25.1 Å². The summed E-state index contributed by atoms with van der Waals surface area (Å²) >= 11 is 1.34. The largest absolute Gasteiger partial charge is 0.352 e. The molecule has 1 aliphatic heterocycles. The minimum Gasteiger partial charge on any atom is -0.352 e. The molecule has 0 spiro atoms. The van der Waals surface area contributed by atoms with Crippen LogP contribution in [0.25, 0.3) is 0 Å². The number of aromatic nitrogens is 1. The van der Waals surface area contributed by atoms with Gasteiger partial charge in [-0.15, -0.1) is 11.3 Å². The number of amidine groups is 1. The number of hydrogen-bond donors (Lipinski definition) is 3. The van der Waals surface area contributed by atoms with Gasteiger partial charge in [0.2, 0.25) is 5.13 Å². The number of nitrogens with zero attached hydrogens (tertiary/aromatic N) is 3. The van der Waals surface area contributed by atoms with Gasteiger partial charge in [0.05, 0.1) is 5.69 Å². The number of hydrogen-bond acceptors (Lipinski definition) is 6. The highest BCUT2D eigenvalue weighted by Crippen LogP contribution is 2.49. The number of anilines is 1. The van der Waals surface area contributed by atoms with Crippen LogP contribution in [-0.4, -0.2) is 43.2 Å². The molecule has 168 valence electrons. The van der Waals surface area contributed by atoms with Crippen molar-refractivity contribution in [3.63, 3.8) is 0 Å². The summed E-state index contributed by atoms with van der Waals surface area (Å²) < 4.78 is 13.5. The van der Waals surface area contributed by atoms with Gasteiger partial charge in [-0.1, -0.05) is 6.07 Å². The molecule has 0 radical (unpaired) electrons. The third-order valence-corrected chi connectivity index (χ3v) is 6.50. The molecule has 1 aromatic carbocycles. The van der Waals surface area contributed by atoms with Crippen molar-refractivity contribution in [2.45, 2.75) is 38.1 Å². The van der Waals surface area contributed by atoms with Gasteiger partial charge >= 0.3 is 0 Å². The summed E-state index contributed by atoms with van der Waals surface area (Å²) in [4.78, 5) is 25.8. The number of benzene rings is 1. The van der Waals surface area contributed by atoms with Crippen LogP contribution >= 0.6 is 11.3 Å². The first-order chi connectivity index (χ1) is 15.6. The van der Waals surface area contributed by atoms with E-state index in [1.54, 1.807) is 0 Å². The van der Waals surface area contributed by atoms with Gasteiger partial charge in [0.1, 0.15) is 18.1 Å². The lowest BCUT2D eigenvalue weighted by Crippen LogP contribution is -2.31. The molecule has 4 rings (SSSR count). The Hall–Kier alpha value is -2.91. The zero-order valence-corrected chi connectivity index (χ0v) is 18.9. The van der Waals surface area contributed by atoms with E-state index in [1.165, 1.54) is 28.7 Å². The van der Waals surface area contributed by atoms with E-state index in [-0.39, 0.29) is 11.5 Å². The monoisotopic (exact) mass is 454 g/mol. The molecule has 3 N–H and O–H groups in total. The third-order valence-electron chi connectivity index (χ3n) is 5.77. The highest BCUT2D eigenvalue weighted by atomic mass is 32.1. The molecule has 1 fully saturated rings. The lowest BCUT2D eigenvalue weighted by Gasteiger charge is -2.19. The molecule has 2 aliphatic rings. The molecule has 2 heterocycles. The number of halogens is 1. The van der Waals surface area contributed by atoms with E-state index < -0.39 is 12.1 Å². The third kappa shape index (κ3) is 4.78. The lowest BCUT2D eigenvalue weighted by atomic mass is 10.0. The number of thiazole rings is 1. The average Bonchev–Trinajstić information content (AvgIpc) is 3.47. The van der Waals surface area contributed by atoms with Gasteiger partial charge in [-0.3, -0.25) is 14.2 Å². The molecular formula is C23H27FN6OS. The van der Waals surface area contributed by atoms with Crippen LogP contribution in [0.2, 0.25) is 0 Å². The fourth-order valence-corrected chi connectivity index (χ4v) is 4.50. The number of carbonyl (C=O) groups excluding carboxylic acids is 1. The van der Waals surface area contributed by atoms with Crippen molar-refractivity contribution >= 4 is 40.6 Å². The van der Waals surface area contributed by atoms with Gasteiger partial charge in [-0.25, -0.2) is 9.98 Å². The van der Waals surface area contributed by atoms with Crippen molar-refractivity contribution in [2.24, 2.45) is 9.98 Å². The Morgan fingerprint density at radius 3 is 2.97 bits per heavy atom. The lowest BCUT2D eigenvalue weighted by molar-refractivity contribution is -0.116. The van der Waals surface area contributed by atoms with E-state index >= 15 is 0 Å². The quantitative estimate of drug-likeness (QED) is 0.323. The molecule has 0 saturated heterocycles. The van der Waals surface area contributed by atoms with E-state index in [9.17, 15) is 9.18 Å². The van der Waals surface area contributed by atoms with Crippen LogP contribution in [0, 0.1) is 0 Å². The fraction of sp³-hybridized carbons (Fsp3) is 0.391. The number of nitrogens with one attached hydrogen (secondary N) is 3. The second kappa shape index (κ2) is 9.70. The second-order valence-corrected chi connectivity index (χ2v) is 8.85. The van der Waals surface area contributed by atoms with E-state index in [2.05, 4.69) is 49.8 Å². The maximum atomic E-state index is 13.5. The van der Waals surface area contributed by atoms with Gasteiger partial charge in [-0.2, -0.15) is 0 Å². The average molecular weight is 455 g/mol. The second-order valence-electron chi connectivity index (χ2n) is 8.01. The number of likely N-dealkylation sites (N-methyl/N-ethyl adjacent to an activating group) is 1. The highest BCUT2D eigenvalue weighted by molar-refractivity contribution is 7.13. The van der Waals surface area contributed by atoms with E-state index in [0.717, 1.165) is 43.7 Å². The predicted molar refractivity (Wildman–Crippen MR) is 128 cm³/mol. The number of carbonyl (C=O) groups is 1. The summed E-state index contributed by atoms with van der Waals surface area (Å²) in [5.74, 6) is 0.00995. The number of aliphatic imine (C=N–C) groups is 2. The predicted octanol–water partition coefficient (Wildman–Crippen LogP) is 3.65. The zero-order chi connectivity index (χ0) is 22.6. The van der Waals surface area contributed by atoms with Crippen molar-refractivity contribution in [1.29, 1.82) is 0 Å². The Balaban J connectivity index is 1.69. The number of fused-ring (bicyclic) bond motifs is 1. The molecular weight excluding hydrogens is 427 g/mol. The van der Waals surface area contributed by atoms with Gasteiger partial charge < -0.3 is 16.0 Å². The summed E-state index contributed by atoms with van der Waals surface area (Å²) in [7, 11) is 0. The SMILES string of the molecule is C=N/C=C(C(=O)NCC)\C(=N\c1nc(C2(CF)CC2)cs1)Nc1ccc2c(c1)CCNC2. The molecule has 32 heavy (non-hydrogen) atoms. The summed E-state index contributed by atoms with van der Waals surface area (Å²) in [6.45, 7) is 7.17.